The molecule has 0 saturated carbocycles. The zero-order valence-electron chi connectivity index (χ0n) is 12.4. The number of amides is 1. The number of benzene rings is 1. The van der Waals surface area contributed by atoms with E-state index in [1.54, 1.807) is 6.92 Å². The molecule has 1 heterocycles. The summed E-state index contributed by atoms with van der Waals surface area (Å²) in [6.45, 7) is 3.53. The number of nitrogens with zero attached hydrogens (tertiary/aromatic N) is 2. The Balaban J connectivity index is 2.28. The summed E-state index contributed by atoms with van der Waals surface area (Å²) >= 11 is 0. The number of hydrogen-bond donors (Lipinski definition) is 1. The van der Waals surface area contributed by atoms with Gasteiger partial charge in [0.25, 0.3) is 0 Å². The predicted octanol–water partition coefficient (Wildman–Crippen LogP) is 0.685. The van der Waals surface area contributed by atoms with Gasteiger partial charge in [-0.05, 0) is 27.1 Å². The summed E-state index contributed by atoms with van der Waals surface area (Å²) in [6, 6.07) is 7.36. The average Bonchev–Trinajstić information content (AvgIpc) is 2.57. The lowest BCUT2D eigenvalue weighted by atomic mass is 10.1. The smallest absolute Gasteiger partial charge is 0.239 e. The summed E-state index contributed by atoms with van der Waals surface area (Å²) in [7, 11) is 3.99. The van der Waals surface area contributed by atoms with Crippen LogP contribution in [0.15, 0.2) is 24.3 Å². The lowest BCUT2D eigenvalue weighted by Gasteiger charge is -2.32. The zero-order valence-corrected chi connectivity index (χ0v) is 12.4. The summed E-state index contributed by atoms with van der Waals surface area (Å²) in [4.78, 5) is 16.3. The molecule has 0 radical (unpaired) electrons. The minimum atomic E-state index is -0.495. The Morgan fingerprint density at radius 3 is 2.85 bits per heavy atom. The molecule has 1 amide bonds. The van der Waals surface area contributed by atoms with E-state index in [2.05, 4.69) is 4.90 Å². The number of carbonyl (C=O) groups is 1. The van der Waals surface area contributed by atoms with Crippen molar-refractivity contribution in [3.63, 3.8) is 0 Å². The van der Waals surface area contributed by atoms with E-state index < -0.39 is 6.04 Å². The van der Waals surface area contributed by atoms with Gasteiger partial charge in [-0.3, -0.25) is 4.79 Å². The fourth-order valence-electron chi connectivity index (χ4n) is 2.46. The van der Waals surface area contributed by atoms with Crippen molar-refractivity contribution in [3.05, 3.63) is 29.8 Å². The minimum absolute atomic E-state index is 0.0101. The summed E-state index contributed by atoms with van der Waals surface area (Å²) in [5.74, 6) is 0.827. The van der Waals surface area contributed by atoms with Crippen molar-refractivity contribution in [2.24, 2.45) is 5.73 Å². The van der Waals surface area contributed by atoms with Gasteiger partial charge < -0.3 is 20.3 Å². The number of rotatable bonds is 3. The Morgan fingerprint density at radius 1 is 1.50 bits per heavy atom. The Labute approximate surface area is 120 Å². The van der Waals surface area contributed by atoms with Gasteiger partial charge in [0.2, 0.25) is 5.91 Å². The van der Waals surface area contributed by atoms with Crippen LogP contribution in [-0.2, 0) is 11.3 Å². The molecule has 2 atom stereocenters. The van der Waals surface area contributed by atoms with E-state index in [1.165, 1.54) is 0 Å². The van der Waals surface area contributed by atoms with Crippen molar-refractivity contribution >= 4 is 5.91 Å². The van der Waals surface area contributed by atoms with Gasteiger partial charge in [-0.2, -0.15) is 0 Å². The molecule has 1 aliphatic rings. The average molecular weight is 277 g/mol. The molecule has 0 aliphatic carbocycles. The first-order valence-electron chi connectivity index (χ1n) is 6.90. The monoisotopic (exact) mass is 277 g/mol. The fourth-order valence-corrected chi connectivity index (χ4v) is 2.46. The SMILES string of the molecule is C[C@H](N)C(=O)N1Cc2ccccc2OC[C@H]1CN(C)C. The molecule has 0 spiro atoms. The number of ether oxygens (including phenoxy) is 1. The Hall–Kier alpha value is -1.59. The Bertz CT molecular complexity index is 474. The Kier molecular flexibility index (Phi) is 4.62. The van der Waals surface area contributed by atoms with E-state index in [4.69, 9.17) is 10.5 Å². The molecule has 2 rings (SSSR count). The number of likely N-dealkylation sites (N-methyl/N-ethyl adjacent to an activating group) is 1. The highest BCUT2D eigenvalue weighted by Gasteiger charge is 2.30. The van der Waals surface area contributed by atoms with Crippen molar-refractivity contribution in [1.29, 1.82) is 0 Å². The topological polar surface area (TPSA) is 58.8 Å². The van der Waals surface area contributed by atoms with E-state index in [0.29, 0.717) is 13.2 Å². The van der Waals surface area contributed by atoms with Crippen LogP contribution in [-0.4, -0.2) is 55.0 Å². The van der Waals surface area contributed by atoms with E-state index in [9.17, 15) is 4.79 Å². The third-order valence-corrected chi connectivity index (χ3v) is 3.43. The number of hydrogen-bond acceptors (Lipinski definition) is 4. The maximum absolute atomic E-state index is 12.4. The van der Waals surface area contributed by atoms with Crippen LogP contribution in [0.3, 0.4) is 0 Å². The molecule has 1 aliphatic heterocycles. The molecule has 5 heteroatoms. The van der Waals surface area contributed by atoms with Crippen LogP contribution in [0.4, 0.5) is 0 Å². The molecule has 0 bridgehead atoms. The van der Waals surface area contributed by atoms with E-state index in [-0.39, 0.29) is 11.9 Å². The molecule has 5 nitrogen and oxygen atoms in total. The zero-order chi connectivity index (χ0) is 14.7. The van der Waals surface area contributed by atoms with Crippen molar-refractivity contribution in [2.45, 2.75) is 25.6 Å². The number of fused-ring (bicyclic) bond motifs is 1. The lowest BCUT2D eigenvalue weighted by molar-refractivity contribution is -0.135. The van der Waals surface area contributed by atoms with Gasteiger partial charge >= 0.3 is 0 Å². The highest BCUT2D eigenvalue weighted by atomic mass is 16.5. The molecule has 2 N–H and O–H groups in total. The highest BCUT2D eigenvalue weighted by Crippen LogP contribution is 2.25. The van der Waals surface area contributed by atoms with E-state index >= 15 is 0 Å². The maximum atomic E-state index is 12.4. The van der Waals surface area contributed by atoms with Gasteiger partial charge in [-0.1, -0.05) is 18.2 Å². The van der Waals surface area contributed by atoms with Gasteiger partial charge in [0, 0.05) is 18.7 Å². The van der Waals surface area contributed by atoms with Gasteiger partial charge in [0.15, 0.2) is 0 Å². The van der Waals surface area contributed by atoms with Crippen LogP contribution in [0, 0.1) is 0 Å². The summed E-state index contributed by atoms with van der Waals surface area (Å²) in [5, 5.41) is 0. The first-order chi connectivity index (χ1) is 9.49. The second-order valence-corrected chi connectivity index (χ2v) is 5.59. The van der Waals surface area contributed by atoms with Gasteiger partial charge in [0.1, 0.15) is 12.4 Å². The molecule has 20 heavy (non-hydrogen) atoms. The third-order valence-electron chi connectivity index (χ3n) is 3.43. The second kappa shape index (κ2) is 6.24. The largest absolute Gasteiger partial charge is 0.491 e. The maximum Gasteiger partial charge on any atom is 0.239 e. The fraction of sp³-hybridized carbons (Fsp3) is 0.533. The number of para-hydroxylation sites is 1. The van der Waals surface area contributed by atoms with Crippen LogP contribution in [0.25, 0.3) is 0 Å². The molecule has 0 aromatic heterocycles. The molecule has 0 unspecified atom stereocenters. The summed E-state index contributed by atoms with van der Waals surface area (Å²) in [5.41, 5.74) is 6.82. The van der Waals surface area contributed by atoms with Crippen molar-refractivity contribution < 1.29 is 9.53 Å². The molecule has 110 valence electrons. The van der Waals surface area contributed by atoms with E-state index in [0.717, 1.165) is 17.9 Å². The van der Waals surface area contributed by atoms with Gasteiger partial charge in [0.05, 0.1) is 12.1 Å². The van der Waals surface area contributed by atoms with Crippen molar-refractivity contribution in [1.82, 2.24) is 9.80 Å². The summed E-state index contributed by atoms with van der Waals surface area (Å²) < 4.78 is 5.86. The van der Waals surface area contributed by atoms with Crippen molar-refractivity contribution in [3.8, 4) is 5.75 Å². The third kappa shape index (κ3) is 3.29. The van der Waals surface area contributed by atoms with Gasteiger partial charge in [-0.15, -0.1) is 0 Å². The highest BCUT2D eigenvalue weighted by molar-refractivity contribution is 5.81. The van der Waals surface area contributed by atoms with Crippen LogP contribution in [0.1, 0.15) is 12.5 Å². The molecule has 0 saturated heterocycles. The molecular formula is C15H23N3O2. The van der Waals surface area contributed by atoms with Crippen LogP contribution in [0.2, 0.25) is 0 Å². The number of nitrogens with two attached hydrogens (primary N) is 1. The van der Waals surface area contributed by atoms with E-state index in [1.807, 2.05) is 43.3 Å². The molecule has 0 fully saturated rings. The van der Waals surface area contributed by atoms with Crippen molar-refractivity contribution in [2.75, 3.05) is 27.2 Å². The first kappa shape index (κ1) is 14.8. The van der Waals surface area contributed by atoms with Crippen LogP contribution >= 0.6 is 0 Å². The first-order valence-corrected chi connectivity index (χ1v) is 6.90. The lowest BCUT2D eigenvalue weighted by Crippen LogP contribution is -2.51. The summed E-state index contributed by atoms with van der Waals surface area (Å²) in [6.07, 6.45) is 0. The Morgan fingerprint density at radius 2 is 2.20 bits per heavy atom. The molecular weight excluding hydrogens is 254 g/mol. The second-order valence-electron chi connectivity index (χ2n) is 5.59. The van der Waals surface area contributed by atoms with Crippen LogP contribution in [0.5, 0.6) is 5.75 Å². The number of carbonyl (C=O) groups excluding carboxylic acids is 1. The molecule has 1 aromatic rings. The van der Waals surface area contributed by atoms with Crippen LogP contribution < -0.4 is 10.5 Å². The normalized spacial score (nSPS) is 20.1. The minimum Gasteiger partial charge on any atom is -0.491 e. The molecule has 1 aromatic carbocycles. The quantitative estimate of drug-likeness (QED) is 0.883. The van der Waals surface area contributed by atoms with Gasteiger partial charge in [-0.25, -0.2) is 0 Å². The predicted molar refractivity (Wildman–Crippen MR) is 78.5 cm³/mol. The standard InChI is InChI=1S/C15H23N3O2/c1-11(16)15(19)18-8-12-6-4-5-7-14(12)20-10-13(18)9-17(2)3/h4-7,11,13H,8-10,16H2,1-3H3/t11-,13+/m0/s1.